The average Bonchev–Trinajstić information content (AvgIpc) is 2.12. The first-order chi connectivity index (χ1) is 3.80. The molecule has 1 aliphatic heterocycles. The van der Waals surface area contributed by atoms with E-state index in [2.05, 4.69) is 6.92 Å². The Morgan fingerprint density at radius 1 is 1.33 bits per heavy atom. The van der Waals surface area contributed by atoms with E-state index in [4.69, 9.17) is 0 Å². The first kappa shape index (κ1) is 8.96. The third kappa shape index (κ3) is 2.36. The fourth-order valence-electron chi connectivity index (χ4n) is 0.967. The molecule has 1 heterocycles. The maximum Gasteiger partial charge on any atom is 2.00 e. The van der Waals surface area contributed by atoms with Crippen molar-refractivity contribution in [1.29, 1.82) is 0 Å². The molecule has 1 amide bonds. The molecule has 0 spiro atoms. The van der Waals surface area contributed by atoms with Gasteiger partial charge in [-0.15, -0.1) is 0 Å². The van der Waals surface area contributed by atoms with Crippen molar-refractivity contribution in [2.24, 2.45) is 0 Å². The molecule has 0 aromatic rings. The van der Waals surface area contributed by atoms with Crippen molar-refractivity contribution in [3.05, 3.63) is 6.92 Å². The molecule has 2 nitrogen and oxygen atoms in total. The van der Waals surface area contributed by atoms with Crippen molar-refractivity contribution in [2.75, 3.05) is 13.1 Å². The van der Waals surface area contributed by atoms with Gasteiger partial charge in [-0.25, -0.2) is 0 Å². The van der Waals surface area contributed by atoms with E-state index in [9.17, 15) is 4.79 Å². The predicted octanol–water partition coefficient (Wildman–Crippen LogP) is 0.440. The van der Waals surface area contributed by atoms with Crippen molar-refractivity contribution < 1.29 is 24.3 Å². The predicted molar refractivity (Wildman–Crippen MR) is 31.2 cm³/mol. The summed E-state index contributed by atoms with van der Waals surface area (Å²) in [6.07, 6.45) is 2.31. The van der Waals surface area contributed by atoms with Gasteiger partial charge in [0, 0.05) is 13.1 Å². The molecule has 0 N–H and O–H groups in total. The zero-order valence-electron chi connectivity index (χ0n) is 5.60. The summed E-state index contributed by atoms with van der Waals surface area (Å²) in [7, 11) is 0. The Morgan fingerprint density at radius 2 is 1.78 bits per heavy atom. The minimum atomic E-state index is -0.0255. The van der Waals surface area contributed by atoms with Crippen LogP contribution < -0.4 is 0 Å². The van der Waals surface area contributed by atoms with Crippen molar-refractivity contribution >= 4 is 5.91 Å². The molecule has 0 bridgehead atoms. The van der Waals surface area contributed by atoms with Crippen LogP contribution in [0.3, 0.4) is 0 Å². The summed E-state index contributed by atoms with van der Waals surface area (Å²) in [5.41, 5.74) is 0. The largest absolute Gasteiger partial charge is 2.00 e. The Balaban J connectivity index is 0.000000640. The number of carbonyl (C=O) groups excluding carboxylic acids is 1. The normalized spacial score (nSPS) is 17.1. The Morgan fingerprint density at radius 3 is 2.00 bits per heavy atom. The number of nitrogens with zero attached hydrogens (tertiary/aromatic N) is 1. The quantitative estimate of drug-likeness (QED) is 0.388. The molecule has 46 valence electrons. The minimum absolute atomic E-state index is 0. The fourth-order valence-corrected chi connectivity index (χ4v) is 0.967. The Hall–Kier alpha value is -0.0366. The van der Waals surface area contributed by atoms with Crippen LogP contribution in [0, 0.1) is 6.92 Å². The van der Waals surface area contributed by atoms with Crippen LogP contribution in [0.2, 0.25) is 0 Å². The fraction of sp³-hybridized carbons (Fsp3) is 0.667. The monoisotopic (exact) mass is 176 g/mol. The van der Waals surface area contributed by atoms with Crippen molar-refractivity contribution in [1.82, 2.24) is 4.90 Å². The van der Waals surface area contributed by atoms with Crippen LogP contribution in [0.15, 0.2) is 0 Å². The van der Waals surface area contributed by atoms with Gasteiger partial charge in [-0.05, 0) is 12.8 Å². The van der Waals surface area contributed by atoms with E-state index in [0.29, 0.717) is 0 Å². The van der Waals surface area contributed by atoms with Crippen molar-refractivity contribution in [2.45, 2.75) is 12.8 Å². The van der Waals surface area contributed by atoms with E-state index < -0.39 is 0 Å². The smallest absolute Gasteiger partial charge is 0.368 e. The topological polar surface area (TPSA) is 20.3 Å². The van der Waals surface area contributed by atoms with Gasteiger partial charge in [-0.1, -0.05) is 0 Å². The van der Waals surface area contributed by atoms with Gasteiger partial charge in [0.1, 0.15) is 0 Å². The summed E-state index contributed by atoms with van der Waals surface area (Å²) < 4.78 is 0. The second-order valence-electron chi connectivity index (χ2n) is 2.09. The summed E-state index contributed by atoms with van der Waals surface area (Å²) in [6, 6.07) is 0. The van der Waals surface area contributed by atoms with Crippen LogP contribution in [0.4, 0.5) is 0 Å². The van der Waals surface area contributed by atoms with E-state index in [1.165, 1.54) is 0 Å². The van der Waals surface area contributed by atoms with Gasteiger partial charge in [0.25, 0.3) is 0 Å². The molecule has 1 fully saturated rings. The molecule has 0 aliphatic carbocycles. The van der Waals surface area contributed by atoms with E-state index in [1.54, 1.807) is 4.90 Å². The van der Waals surface area contributed by atoms with E-state index in [-0.39, 0.29) is 25.4 Å². The van der Waals surface area contributed by atoms with Gasteiger partial charge >= 0.3 is 19.5 Å². The summed E-state index contributed by atoms with van der Waals surface area (Å²) in [5.74, 6) is -0.0255. The summed E-state index contributed by atoms with van der Waals surface area (Å²) in [4.78, 5) is 12.2. The van der Waals surface area contributed by atoms with Gasteiger partial charge in [0.2, 0.25) is 0 Å². The molecule has 3 heteroatoms. The molecular weight excluding hydrogens is 167 g/mol. The van der Waals surface area contributed by atoms with Crippen LogP contribution in [0.25, 0.3) is 0 Å². The molecule has 0 aromatic heterocycles. The summed E-state index contributed by atoms with van der Waals surface area (Å²) in [6.45, 7) is 5.15. The second-order valence-corrected chi connectivity index (χ2v) is 2.09. The van der Waals surface area contributed by atoms with Crippen LogP contribution in [0.1, 0.15) is 12.8 Å². The molecule has 0 saturated carbocycles. The SMILES string of the molecule is [CH2-]C(=O)N1CCCC1.[Zn+2]. The Labute approximate surface area is 68.4 Å². The minimum Gasteiger partial charge on any atom is -0.368 e. The zero-order chi connectivity index (χ0) is 5.98. The van der Waals surface area contributed by atoms with Gasteiger partial charge < -0.3 is 16.6 Å². The molecule has 1 rings (SSSR count). The number of rotatable bonds is 0. The van der Waals surface area contributed by atoms with Gasteiger partial charge in [0.15, 0.2) is 0 Å². The summed E-state index contributed by atoms with van der Waals surface area (Å²) in [5, 5.41) is 0. The molecule has 0 radical (unpaired) electrons. The standard InChI is InChI=1S/C6H10NO.Zn/c1-6(8)7-4-2-3-5-7;/h1-5H2;/q-1;+2. The molecule has 0 aromatic carbocycles. The maximum atomic E-state index is 10.5. The Kier molecular flexibility index (Phi) is 3.87. The summed E-state index contributed by atoms with van der Waals surface area (Å²) >= 11 is 0. The van der Waals surface area contributed by atoms with Crippen molar-refractivity contribution in [3.63, 3.8) is 0 Å². The molecule has 1 aliphatic rings. The molecule has 0 atom stereocenters. The first-order valence-corrected chi connectivity index (χ1v) is 2.91. The van der Waals surface area contributed by atoms with E-state index in [1.807, 2.05) is 0 Å². The van der Waals surface area contributed by atoms with Crippen LogP contribution in [-0.2, 0) is 24.3 Å². The van der Waals surface area contributed by atoms with Crippen molar-refractivity contribution in [3.8, 4) is 0 Å². The Bertz CT molecular complexity index is 99.2. The third-order valence-electron chi connectivity index (χ3n) is 1.46. The van der Waals surface area contributed by atoms with Gasteiger partial charge in [-0.2, -0.15) is 0 Å². The number of likely N-dealkylation sites (tertiary alicyclic amines) is 1. The zero-order valence-corrected chi connectivity index (χ0v) is 8.57. The average molecular weight is 178 g/mol. The van der Waals surface area contributed by atoms with Crippen LogP contribution in [0.5, 0.6) is 0 Å². The second kappa shape index (κ2) is 3.89. The van der Waals surface area contributed by atoms with Crippen LogP contribution in [-0.4, -0.2) is 23.9 Å². The number of hydrogen-bond donors (Lipinski definition) is 0. The van der Waals surface area contributed by atoms with E-state index in [0.717, 1.165) is 25.9 Å². The number of carbonyl (C=O) groups is 1. The van der Waals surface area contributed by atoms with E-state index >= 15 is 0 Å². The first-order valence-electron chi connectivity index (χ1n) is 2.91. The van der Waals surface area contributed by atoms with Crippen LogP contribution >= 0.6 is 0 Å². The maximum absolute atomic E-state index is 10.5. The van der Waals surface area contributed by atoms with Gasteiger partial charge in [0.05, 0.1) is 5.91 Å². The van der Waals surface area contributed by atoms with Gasteiger partial charge in [-0.3, -0.25) is 0 Å². The molecule has 0 unspecified atom stereocenters. The molecule has 9 heavy (non-hydrogen) atoms. The third-order valence-corrected chi connectivity index (χ3v) is 1.46. The number of hydrogen-bond acceptors (Lipinski definition) is 1. The molecule has 1 saturated heterocycles. The molecular formula is C6H10NOZn+. The number of amides is 1.